The van der Waals surface area contributed by atoms with E-state index < -0.39 is 0 Å². The summed E-state index contributed by atoms with van der Waals surface area (Å²) in [5.74, 6) is 1.75. The SMILES string of the molecule is CC(CNC(C)C)CC1Cc2ccccc2O1. The van der Waals surface area contributed by atoms with Gasteiger partial charge in [-0.3, -0.25) is 0 Å². The van der Waals surface area contributed by atoms with Crippen molar-refractivity contribution in [3.8, 4) is 5.75 Å². The fraction of sp³-hybridized carbons (Fsp3) is 0.600. The third-order valence-corrected chi connectivity index (χ3v) is 3.25. The molecule has 0 aliphatic carbocycles. The lowest BCUT2D eigenvalue weighted by Gasteiger charge is -2.18. The Morgan fingerprint density at radius 3 is 2.76 bits per heavy atom. The first-order chi connectivity index (χ1) is 8.15. The van der Waals surface area contributed by atoms with Gasteiger partial charge in [0.1, 0.15) is 11.9 Å². The molecule has 2 unspecified atom stereocenters. The number of para-hydroxylation sites is 1. The molecule has 1 aromatic rings. The van der Waals surface area contributed by atoms with Gasteiger partial charge in [0.05, 0.1) is 0 Å². The van der Waals surface area contributed by atoms with Gasteiger partial charge in [-0.15, -0.1) is 0 Å². The van der Waals surface area contributed by atoms with Crippen LogP contribution in [0, 0.1) is 5.92 Å². The molecule has 0 fully saturated rings. The highest BCUT2D eigenvalue weighted by Crippen LogP contribution is 2.30. The van der Waals surface area contributed by atoms with Crippen LogP contribution in [0.2, 0.25) is 0 Å². The number of fused-ring (bicyclic) bond motifs is 1. The number of hydrogen-bond donors (Lipinski definition) is 1. The van der Waals surface area contributed by atoms with E-state index in [-0.39, 0.29) is 0 Å². The maximum Gasteiger partial charge on any atom is 0.123 e. The summed E-state index contributed by atoms with van der Waals surface area (Å²) >= 11 is 0. The molecule has 1 aromatic carbocycles. The van der Waals surface area contributed by atoms with Crippen LogP contribution in [0.5, 0.6) is 5.75 Å². The summed E-state index contributed by atoms with van der Waals surface area (Å²) in [6.45, 7) is 7.75. The zero-order chi connectivity index (χ0) is 12.3. The number of hydrogen-bond acceptors (Lipinski definition) is 2. The van der Waals surface area contributed by atoms with E-state index in [0.717, 1.165) is 25.1 Å². The summed E-state index contributed by atoms with van der Waals surface area (Å²) in [6.07, 6.45) is 2.58. The van der Waals surface area contributed by atoms with Crippen molar-refractivity contribution in [2.24, 2.45) is 5.92 Å². The fourth-order valence-electron chi connectivity index (χ4n) is 2.35. The molecular formula is C15H23NO. The lowest BCUT2D eigenvalue weighted by atomic mass is 10.00. The van der Waals surface area contributed by atoms with Crippen LogP contribution in [-0.4, -0.2) is 18.7 Å². The molecule has 94 valence electrons. The average molecular weight is 233 g/mol. The highest BCUT2D eigenvalue weighted by molar-refractivity contribution is 5.37. The van der Waals surface area contributed by atoms with Crippen molar-refractivity contribution in [2.45, 2.75) is 45.8 Å². The molecule has 17 heavy (non-hydrogen) atoms. The third-order valence-electron chi connectivity index (χ3n) is 3.25. The molecule has 1 N–H and O–H groups in total. The summed E-state index contributed by atoms with van der Waals surface area (Å²) < 4.78 is 5.96. The molecular weight excluding hydrogens is 210 g/mol. The standard InChI is InChI=1S/C15H23NO/c1-11(2)16-10-12(3)8-14-9-13-6-4-5-7-15(13)17-14/h4-7,11-12,14,16H,8-10H2,1-3H3. The van der Waals surface area contributed by atoms with Crippen LogP contribution < -0.4 is 10.1 Å². The number of nitrogens with one attached hydrogen (secondary N) is 1. The second kappa shape index (κ2) is 5.54. The van der Waals surface area contributed by atoms with E-state index in [1.165, 1.54) is 5.56 Å². The number of ether oxygens (including phenoxy) is 1. The topological polar surface area (TPSA) is 21.3 Å². The van der Waals surface area contributed by atoms with Crippen LogP contribution in [0.15, 0.2) is 24.3 Å². The molecule has 0 radical (unpaired) electrons. The van der Waals surface area contributed by atoms with Gasteiger partial charge in [0.15, 0.2) is 0 Å². The van der Waals surface area contributed by atoms with Crippen molar-refractivity contribution in [1.29, 1.82) is 0 Å². The van der Waals surface area contributed by atoms with Gasteiger partial charge >= 0.3 is 0 Å². The predicted molar refractivity (Wildman–Crippen MR) is 71.5 cm³/mol. The lowest BCUT2D eigenvalue weighted by Crippen LogP contribution is -2.30. The first kappa shape index (κ1) is 12.4. The zero-order valence-electron chi connectivity index (χ0n) is 11.1. The Labute approximate surface area is 104 Å². The second-order valence-corrected chi connectivity index (χ2v) is 5.46. The third kappa shape index (κ3) is 3.47. The Morgan fingerprint density at radius 1 is 1.29 bits per heavy atom. The Bertz CT molecular complexity index is 337. The molecule has 2 heteroatoms. The molecule has 0 bridgehead atoms. The fourth-order valence-corrected chi connectivity index (χ4v) is 2.35. The Kier molecular flexibility index (Phi) is 4.06. The highest BCUT2D eigenvalue weighted by atomic mass is 16.5. The van der Waals surface area contributed by atoms with Crippen molar-refractivity contribution in [1.82, 2.24) is 5.32 Å². The number of benzene rings is 1. The van der Waals surface area contributed by atoms with E-state index in [1.807, 2.05) is 6.07 Å². The first-order valence-electron chi connectivity index (χ1n) is 6.63. The van der Waals surface area contributed by atoms with E-state index in [1.54, 1.807) is 0 Å². The molecule has 1 aliphatic heterocycles. The van der Waals surface area contributed by atoms with E-state index >= 15 is 0 Å². The van der Waals surface area contributed by atoms with Crippen LogP contribution >= 0.6 is 0 Å². The molecule has 2 nitrogen and oxygen atoms in total. The average Bonchev–Trinajstić information content (AvgIpc) is 2.68. The van der Waals surface area contributed by atoms with Gasteiger partial charge in [-0.05, 0) is 30.5 Å². The zero-order valence-corrected chi connectivity index (χ0v) is 11.1. The van der Waals surface area contributed by atoms with E-state index in [2.05, 4.69) is 44.3 Å². The maximum atomic E-state index is 5.96. The molecule has 2 atom stereocenters. The van der Waals surface area contributed by atoms with Gasteiger partial charge < -0.3 is 10.1 Å². The minimum atomic E-state index is 0.372. The van der Waals surface area contributed by atoms with Crippen molar-refractivity contribution in [3.05, 3.63) is 29.8 Å². The van der Waals surface area contributed by atoms with Gasteiger partial charge in [0.2, 0.25) is 0 Å². The Hall–Kier alpha value is -1.02. The smallest absolute Gasteiger partial charge is 0.123 e. The summed E-state index contributed by atoms with van der Waals surface area (Å²) in [7, 11) is 0. The number of rotatable bonds is 5. The second-order valence-electron chi connectivity index (χ2n) is 5.46. The minimum absolute atomic E-state index is 0.372. The summed E-state index contributed by atoms with van der Waals surface area (Å²) in [5, 5.41) is 3.48. The molecule has 0 saturated carbocycles. The summed E-state index contributed by atoms with van der Waals surface area (Å²) in [5.41, 5.74) is 1.36. The molecule has 0 spiro atoms. The minimum Gasteiger partial charge on any atom is -0.490 e. The normalized spacial score (nSPS) is 20.1. The first-order valence-corrected chi connectivity index (χ1v) is 6.63. The van der Waals surface area contributed by atoms with Gasteiger partial charge in [0.25, 0.3) is 0 Å². The molecule has 1 heterocycles. The predicted octanol–water partition coefficient (Wildman–Crippen LogP) is 3.01. The maximum absolute atomic E-state index is 5.96. The van der Waals surface area contributed by atoms with Crippen molar-refractivity contribution >= 4 is 0 Å². The van der Waals surface area contributed by atoms with Crippen molar-refractivity contribution in [3.63, 3.8) is 0 Å². The monoisotopic (exact) mass is 233 g/mol. The Balaban J connectivity index is 1.79. The van der Waals surface area contributed by atoms with Crippen LogP contribution in [0.3, 0.4) is 0 Å². The van der Waals surface area contributed by atoms with Gasteiger partial charge in [-0.2, -0.15) is 0 Å². The van der Waals surface area contributed by atoms with Crippen LogP contribution in [-0.2, 0) is 6.42 Å². The molecule has 1 aliphatic rings. The highest BCUT2D eigenvalue weighted by Gasteiger charge is 2.23. The van der Waals surface area contributed by atoms with Crippen LogP contribution in [0.4, 0.5) is 0 Å². The summed E-state index contributed by atoms with van der Waals surface area (Å²) in [4.78, 5) is 0. The van der Waals surface area contributed by atoms with E-state index in [9.17, 15) is 0 Å². The van der Waals surface area contributed by atoms with Gasteiger partial charge in [-0.25, -0.2) is 0 Å². The largest absolute Gasteiger partial charge is 0.490 e. The molecule has 0 saturated heterocycles. The van der Waals surface area contributed by atoms with Crippen molar-refractivity contribution in [2.75, 3.05) is 6.54 Å². The lowest BCUT2D eigenvalue weighted by molar-refractivity contribution is 0.196. The van der Waals surface area contributed by atoms with Crippen LogP contribution in [0.1, 0.15) is 32.8 Å². The van der Waals surface area contributed by atoms with Gasteiger partial charge in [0, 0.05) is 12.5 Å². The molecule has 2 rings (SSSR count). The quantitative estimate of drug-likeness (QED) is 0.844. The summed E-state index contributed by atoms with van der Waals surface area (Å²) in [6, 6.07) is 8.96. The molecule has 0 amide bonds. The van der Waals surface area contributed by atoms with Crippen molar-refractivity contribution < 1.29 is 4.74 Å². The Morgan fingerprint density at radius 2 is 2.06 bits per heavy atom. The van der Waals surface area contributed by atoms with E-state index in [4.69, 9.17) is 4.74 Å². The molecule has 0 aromatic heterocycles. The van der Waals surface area contributed by atoms with Gasteiger partial charge in [-0.1, -0.05) is 39.0 Å². The van der Waals surface area contributed by atoms with E-state index in [0.29, 0.717) is 18.1 Å². The van der Waals surface area contributed by atoms with Crippen LogP contribution in [0.25, 0.3) is 0 Å².